The van der Waals surface area contributed by atoms with Crippen LogP contribution in [-0.2, 0) is 4.74 Å². The second-order valence-corrected chi connectivity index (χ2v) is 5.25. The van der Waals surface area contributed by atoms with Gasteiger partial charge in [-0.15, -0.1) is 0 Å². The zero-order valence-corrected chi connectivity index (χ0v) is 12.4. The Labute approximate surface area is 126 Å². The molecule has 7 heteroatoms. The van der Waals surface area contributed by atoms with E-state index in [2.05, 4.69) is 5.32 Å². The van der Waals surface area contributed by atoms with Crippen LogP contribution >= 0.6 is 23.2 Å². The Morgan fingerprint density at radius 2 is 2.10 bits per heavy atom. The van der Waals surface area contributed by atoms with Gasteiger partial charge in [0.2, 0.25) is 0 Å². The number of phenols is 1. The molecule has 110 valence electrons. The van der Waals surface area contributed by atoms with Crippen molar-refractivity contribution in [2.75, 3.05) is 20.3 Å². The number of methoxy groups -OCH3 is 1. The molecule has 1 aliphatic rings. The largest absolute Gasteiger partial charge is 0.506 e. The third-order valence-electron chi connectivity index (χ3n) is 3.14. The van der Waals surface area contributed by atoms with Crippen LogP contribution in [-0.4, -0.2) is 37.4 Å². The molecule has 0 saturated carbocycles. The third kappa shape index (κ3) is 3.11. The Morgan fingerprint density at radius 3 is 2.70 bits per heavy atom. The highest BCUT2D eigenvalue weighted by molar-refractivity contribution is 6.38. The summed E-state index contributed by atoms with van der Waals surface area (Å²) in [6.07, 6.45) is 1.47. The molecule has 0 atom stereocenters. The molecule has 2 rings (SSSR count). The van der Waals surface area contributed by atoms with Gasteiger partial charge < -0.3 is 19.9 Å². The first-order valence-corrected chi connectivity index (χ1v) is 6.93. The minimum Gasteiger partial charge on any atom is -0.506 e. The van der Waals surface area contributed by atoms with Crippen molar-refractivity contribution in [1.82, 2.24) is 5.32 Å². The van der Waals surface area contributed by atoms with Gasteiger partial charge in [-0.25, -0.2) is 0 Å². The molecular weight excluding hydrogens is 305 g/mol. The van der Waals surface area contributed by atoms with Crippen LogP contribution < -0.4 is 10.1 Å². The lowest BCUT2D eigenvalue weighted by atomic mass is 10.1. The van der Waals surface area contributed by atoms with Crippen LogP contribution in [0, 0.1) is 0 Å². The summed E-state index contributed by atoms with van der Waals surface area (Å²) in [6.45, 7) is 1.22. The second kappa shape index (κ2) is 6.52. The summed E-state index contributed by atoms with van der Waals surface area (Å²) < 4.78 is 10.3. The number of aromatic hydroxyl groups is 1. The van der Waals surface area contributed by atoms with E-state index in [0.29, 0.717) is 13.2 Å². The predicted octanol–water partition coefficient (Wildman–Crippen LogP) is 2.62. The molecule has 0 bridgehead atoms. The first-order chi connectivity index (χ1) is 9.54. The van der Waals surface area contributed by atoms with E-state index in [0.717, 1.165) is 12.8 Å². The minimum absolute atomic E-state index is 0.0122. The molecule has 0 spiro atoms. The molecule has 2 N–H and O–H groups in total. The van der Waals surface area contributed by atoms with Gasteiger partial charge in [-0.3, -0.25) is 4.79 Å². The molecule has 1 heterocycles. The highest BCUT2D eigenvalue weighted by atomic mass is 35.5. The SMILES string of the molecule is COc1c(Cl)cc(O)c(Cl)c1C(=O)NC1CCOCC1. The van der Waals surface area contributed by atoms with Crippen LogP contribution in [0.2, 0.25) is 10.0 Å². The van der Waals surface area contributed by atoms with Gasteiger partial charge >= 0.3 is 0 Å². The number of ether oxygens (including phenoxy) is 2. The number of rotatable bonds is 3. The average molecular weight is 320 g/mol. The average Bonchev–Trinajstić information content (AvgIpc) is 2.43. The van der Waals surface area contributed by atoms with Gasteiger partial charge in [0.05, 0.1) is 17.2 Å². The highest BCUT2D eigenvalue weighted by Crippen LogP contribution is 2.40. The number of amides is 1. The smallest absolute Gasteiger partial charge is 0.256 e. The van der Waals surface area contributed by atoms with E-state index in [9.17, 15) is 9.90 Å². The van der Waals surface area contributed by atoms with E-state index in [1.165, 1.54) is 13.2 Å². The first kappa shape index (κ1) is 15.2. The molecule has 0 aromatic heterocycles. The lowest BCUT2D eigenvalue weighted by Gasteiger charge is -2.24. The molecule has 0 radical (unpaired) electrons. The topological polar surface area (TPSA) is 67.8 Å². The summed E-state index contributed by atoms with van der Waals surface area (Å²) in [4.78, 5) is 12.3. The molecule has 0 aliphatic carbocycles. The Bertz CT molecular complexity index is 516. The van der Waals surface area contributed by atoms with Gasteiger partial charge in [0.1, 0.15) is 11.3 Å². The number of hydrogen-bond donors (Lipinski definition) is 2. The minimum atomic E-state index is -0.420. The molecule has 0 unspecified atom stereocenters. The molecule has 1 saturated heterocycles. The maximum Gasteiger partial charge on any atom is 0.256 e. The lowest BCUT2D eigenvalue weighted by Crippen LogP contribution is -2.39. The molecule has 20 heavy (non-hydrogen) atoms. The monoisotopic (exact) mass is 319 g/mol. The predicted molar refractivity (Wildman–Crippen MR) is 76.0 cm³/mol. The van der Waals surface area contributed by atoms with Gasteiger partial charge in [0.25, 0.3) is 5.91 Å². The normalized spacial score (nSPS) is 15.9. The van der Waals surface area contributed by atoms with Gasteiger partial charge in [-0.05, 0) is 12.8 Å². The molecule has 1 fully saturated rings. The van der Waals surface area contributed by atoms with E-state index >= 15 is 0 Å². The van der Waals surface area contributed by atoms with Crippen LogP contribution in [0.1, 0.15) is 23.2 Å². The van der Waals surface area contributed by atoms with E-state index in [1.54, 1.807) is 0 Å². The Morgan fingerprint density at radius 1 is 1.45 bits per heavy atom. The first-order valence-electron chi connectivity index (χ1n) is 6.18. The van der Waals surface area contributed by atoms with Crippen molar-refractivity contribution < 1.29 is 19.4 Å². The van der Waals surface area contributed by atoms with Gasteiger partial charge in [0, 0.05) is 25.3 Å². The quantitative estimate of drug-likeness (QED) is 0.898. The van der Waals surface area contributed by atoms with Crippen molar-refractivity contribution in [3.63, 3.8) is 0 Å². The van der Waals surface area contributed by atoms with Crippen molar-refractivity contribution >= 4 is 29.1 Å². The van der Waals surface area contributed by atoms with Crippen molar-refractivity contribution in [3.05, 3.63) is 21.7 Å². The fourth-order valence-electron chi connectivity index (χ4n) is 2.10. The number of phenolic OH excluding ortho intramolecular Hbond substituents is 1. The molecule has 1 aliphatic heterocycles. The molecule has 1 aromatic rings. The molecule has 1 aromatic carbocycles. The zero-order chi connectivity index (χ0) is 14.7. The molecule has 5 nitrogen and oxygen atoms in total. The van der Waals surface area contributed by atoms with Crippen LogP contribution in [0.25, 0.3) is 0 Å². The number of benzene rings is 1. The van der Waals surface area contributed by atoms with Crippen LogP contribution in [0.15, 0.2) is 6.07 Å². The summed E-state index contributed by atoms with van der Waals surface area (Å²) >= 11 is 11.9. The Hall–Kier alpha value is -1.17. The maximum absolute atomic E-state index is 12.3. The number of carbonyl (C=O) groups is 1. The number of halogens is 2. The summed E-state index contributed by atoms with van der Waals surface area (Å²) in [7, 11) is 1.39. The molecular formula is C13H15Cl2NO4. The summed E-state index contributed by atoms with van der Waals surface area (Å²) in [5.41, 5.74) is 0.0469. The number of carbonyl (C=O) groups excluding carboxylic acids is 1. The second-order valence-electron chi connectivity index (χ2n) is 4.46. The van der Waals surface area contributed by atoms with Gasteiger partial charge in [-0.1, -0.05) is 23.2 Å². The molecule has 1 amide bonds. The van der Waals surface area contributed by atoms with Crippen molar-refractivity contribution in [2.24, 2.45) is 0 Å². The Kier molecular flexibility index (Phi) is 4.96. The van der Waals surface area contributed by atoms with E-state index in [4.69, 9.17) is 32.7 Å². The van der Waals surface area contributed by atoms with Crippen LogP contribution in [0.4, 0.5) is 0 Å². The number of nitrogens with one attached hydrogen (secondary N) is 1. The van der Waals surface area contributed by atoms with Crippen LogP contribution in [0.5, 0.6) is 11.5 Å². The van der Waals surface area contributed by atoms with Crippen LogP contribution in [0.3, 0.4) is 0 Å². The summed E-state index contributed by atoms with van der Waals surface area (Å²) in [5.74, 6) is -0.523. The standard InChI is InChI=1S/C13H15Cl2NO4/c1-19-12-8(14)6-9(17)11(15)10(12)13(18)16-7-2-4-20-5-3-7/h6-7,17H,2-5H2,1H3,(H,16,18). The fourth-order valence-corrected chi connectivity index (χ4v) is 2.60. The number of hydrogen-bond acceptors (Lipinski definition) is 4. The van der Waals surface area contributed by atoms with E-state index < -0.39 is 5.91 Å². The Balaban J connectivity index is 2.28. The van der Waals surface area contributed by atoms with E-state index in [1.807, 2.05) is 0 Å². The van der Waals surface area contributed by atoms with Crippen molar-refractivity contribution in [1.29, 1.82) is 0 Å². The fraction of sp³-hybridized carbons (Fsp3) is 0.462. The zero-order valence-electron chi connectivity index (χ0n) is 10.9. The van der Waals surface area contributed by atoms with Gasteiger partial charge in [-0.2, -0.15) is 0 Å². The van der Waals surface area contributed by atoms with Crippen molar-refractivity contribution in [2.45, 2.75) is 18.9 Å². The summed E-state index contributed by atoms with van der Waals surface area (Å²) in [6, 6.07) is 1.26. The maximum atomic E-state index is 12.3. The third-order valence-corrected chi connectivity index (χ3v) is 3.80. The summed E-state index contributed by atoms with van der Waals surface area (Å²) in [5, 5.41) is 12.6. The highest BCUT2D eigenvalue weighted by Gasteiger charge is 2.25. The van der Waals surface area contributed by atoms with Crippen molar-refractivity contribution in [3.8, 4) is 11.5 Å². The van der Waals surface area contributed by atoms with E-state index in [-0.39, 0.29) is 33.1 Å². The lowest BCUT2D eigenvalue weighted by molar-refractivity contribution is 0.0695. The van der Waals surface area contributed by atoms with Gasteiger partial charge in [0.15, 0.2) is 5.75 Å².